The summed E-state index contributed by atoms with van der Waals surface area (Å²) >= 11 is 0. The van der Waals surface area contributed by atoms with Crippen molar-refractivity contribution < 1.29 is 8.42 Å². The SMILES string of the molecule is CC(C)(C)CNS(=O)(=O)N1CC1. The number of nitrogens with one attached hydrogen (secondary N) is 1. The van der Waals surface area contributed by atoms with Crippen LogP contribution in [0.25, 0.3) is 0 Å². The van der Waals surface area contributed by atoms with Crippen molar-refractivity contribution in [2.45, 2.75) is 20.8 Å². The molecule has 0 saturated carbocycles. The van der Waals surface area contributed by atoms with Crippen LogP contribution in [0.2, 0.25) is 0 Å². The van der Waals surface area contributed by atoms with E-state index >= 15 is 0 Å². The Bertz CT molecular complexity index is 249. The van der Waals surface area contributed by atoms with Gasteiger partial charge in [0.25, 0.3) is 10.2 Å². The van der Waals surface area contributed by atoms with Gasteiger partial charge in [0.1, 0.15) is 0 Å². The topological polar surface area (TPSA) is 49.2 Å². The highest BCUT2D eigenvalue weighted by Crippen LogP contribution is 2.14. The second kappa shape index (κ2) is 2.97. The highest BCUT2D eigenvalue weighted by molar-refractivity contribution is 7.87. The lowest BCUT2D eigenvalue weighted by Gasteiger charge is -2.18. The lowest BCUT2D eigenvalue weighted by molar-refractivity contribution is 0.404. The summed E-state index contributed by atoms with van der Waals surface area (Å²) in [6, 6.07) is 0. The zero-order valence-electron chi connectivity index (χ0n) is 7.79. The van der Waals surface area contributed by atoms with E-state index < -0.39 is 10.2 Å². The Balaban J connectivity index is 2.41. The lowest BCUT2D eigenvalue weighted by atomic mass is 9.98. The monoisotopic (exact) mass is 192 g/mol. The van der Waals surface area contributed by atoms with Crippen molar-refractivity contribution in [1.29, 1.82) is 0 Å². The Kier molecular flexibility index (Phi) is 2.47. The molecule has 1 fully saturated rings. The molecular formula is C7H16N2O2S. The van der Waals surface area contributed by atoms with Crippen LogP contribution in [-0.4, -0.2) is 32.4 Å². The van der Waals surface area contributed by atoms with Gasteiger partial charge >= 0.3 is 0 Å². The molecule has 12 heavy (non-hydrogen) atoms. The van der Waals surface area contributed by atoms with Crippen molar-refractivity contribution in [1.82, 2.24) is 9.03 Å². The average molecular weight is 192 g/mol. The maximum absolute atomic E-state index is 11.3. The van der Waals surface area contributed by atoms with Gasteiger partial charge in [0.2, 0.25) is 0 Å². The quantitative estimate of drug-likeness (QED) is 0.649. The van der Waals surface area contributed by atoms with Gasteiger partial charge in [-0.3, -0.25) is 0 Å². The summed E-state index contributed by atoms with van der Waals surface area (Å²) in [6.07, 6.45) is 0. The molecular weight excluding hydrogens is 176 g/mol. The van der Waals surface area contributed by atoms with Crippen LogP contribution in [0, 0.1) is 5.41 Å². The molecule has 1 N–H and O–H groups in total. The van der Waals surface area contributed by atoms with Crippen LogP contribution in [0.3, 0.4) is 0 Å². The van der Waals surface area contributed by atoms with Gasteiger partial charge < -0.3 is 0 Å². The summed E-state index contributed by atoms with van der Waals surface area (Å²) in [5, 5.41) is 0. The zero-order chi connectivity index (χ0) is 9.41. The molecule has 0 atom stereocenters. The van der Waals surface area contributed by atoms with Crippen LogP contribution in [0.15, 0.2) is 0 Å². The van der Waals surface area contributed by atoms with Crippen molar-refractivity contribution in [2.24, 2.45) is 5.41 Å². The average Bonchev–Trinajstić information content (AvgIpc) is 2.62. The number of hydrogen-bond acceptors (Lipinski definition) is 2. The van der Waals surface area contributed by atoms with Gasteiger partial charge in [0.15, 0.2) is 0 Å². The molecule has 1 aliphatic heterocycles. The third kappa shape index (κ3) is 3.08. The molecule has 4 nitrogen and oxygen atoms in total. The first-order valence-corrected chi connectivity index (χ1v) is 5.50. The minimum absolute atomic E-state index is 0.00306. The van der Waals surface area contributed by atoms with Gasteiger partial charge in [-0.2, -0.15) is 12.7 Å². The number of nitrogens with zero attached hydrogens (tertiary/aromatic N) is 1. The highest BCUT2D eigenvalue weighted by atomic mass is 32.2. The molecule has 0 aromatic rings. The predicted molar refractivity (Wildman–Crippen MR) is 48.0 cm³/mol. The summed E-state index contributed by atoms with van der Waals surface area (Å²) in [5.41, 5.74) is 0.00306. The summed E-state index contributed by atoms with van der Waals surface area (Å²) in [6.45, 7) is 7.82. The minimum Gasteiger partial charge on any atom is -0.202 e. The van der Waals surface area contributed by atoms with Gasteiger partial charge in [-0.15, -0.1) is 0 Å². The molecule has 0 amide bonds. The molecule has 1 saturated heterocycles. The fourth-order valence-electron chi connectivity index (χ4n) is 0.680. The largest absolute Gasteiger partial charge is 0.279 e. The molecule has 0 radical (unpaired) electrons. The van der Waals surface area contributed by atoms with E-state index in [1.54, 1.807) is 0 Å². The minimum atomic E-state index is -3.14. The van der Waals surface area contributed by atoms with Crippen molar-refractivity contribution in [3.63, 3.8) is 0 Å². The van der Waals surface area contributed by atoms with Crippen LogP contribution in [0.4, 0.5) is 0 Å². The summed E-state index contributed by atoms with van der Waals surface area (Å²) in [7, 11) is -3.14. The zero-order valence-corrected chi connectivity index (χ0v) is 8.61. The third-order valence-electron chi connectivity index (χ3n) is 1.53. The van der Waals surface area contributed by atoms with E-state index in [2.05, 4.69) is 4.72 Å². The Morgan fingerprint density at radius 1 is 1.33 bits per heavy atom. The molecule has 1 heterocycles. The molecule has 0 spiro atoms. The molecule has 1 aliphatic rings. The first-order valence-electron chi connectivity index (χ1n) is 4.06. The summed E-state index contributed by atoms with van der Waals surface area (Å²) < 4.78 is 26.5. The fraction of sp³-hybridized carbons (Fsp3) is 1.00. The van der Waals surface area contributed by atoms with Crippen LogP contribution in [-0.2, 0) is 10.2 Å². The molecule has 0 bridgehead atoms. The Labute approximate surface area is 74.1 Å². The van der Waals surface area contributed by atoms with Gasteiger partial charge in [0.05, 0.1) is 0 Å². The highest BCUT2D eigenvalue weighted by Gasteiger charge is 2.32. The predicted octanol–water partition coefficient (Wildman–Crippen LogP) is 0.183. The number of rotatable bonds is 3. The summed E-state index contributed by atoms with van der Waals surface area (Å²) in [5.74, 6) is 0. The van der Waals surface area contributed by atoms with Crippen molar-refractivity contribution >= 4 is 10.2 Å². The van der Waals surface area contributed by atoms with E-state index in [-0.39, 0.29) is 5.41 Å². The molecule has 5 heteroatoms. The van der Waals surface area contributed by atoms with Crippen LogP contribution < -0.4 is 4.72 Å². The normalized spacial score (nSPS) is 19.6. The smallest absolute Gasteiger partial charge is 0.202 e. The standard InChI is InChI=1S/C7H16N2O2S/c1-7(2,3)6-8-12(10,11)9-4-5-9/h8H,4-6H2,1-3H3. The van der Waals surface area contributed by atoms with Crippen molar-refractivity contribution in [2.75, 3.05) is 19.6 Å². The van der Waals surface area contributed by atoms with Gasteiger partial charge in [0, 0.05) is 19.6 Å². The van der Waals surface area contributed by atoms with E-state index in [1.165, 1.54) is 4.31 Å². The molecule has 0 aromatic carbocycles. The van der Waals surface area contributed by atoms with E-state index in [0.29, 0.717) is 19.6 Å². The van der Waals surface area contributed by atoms with E-state index in [1.807, 2.05) is 20.8 Å². The first kappa shape index (κ1) is 9.95. The second-order valence-corrected chi connectivity index (χ2v) is 6.04. The fourth-order valence-corrected chi connectivity index (χ4v) is 2.04. The Hall–Kier alpha value is -0.130. The van der Waals surface area contributed by atoms with Gasteiger partial charge in [-0.05, 0) is 5.41 Å². The molecule has 0 unspecified atom stereocenters. The summed E-state index contributed by atoms with van der Waals surface area (Å²) in [4.78, 5) is 0. The van der Waals surface area contributed by atoms with Crippen LogP contribution in [0.5, 0.6) is 0 Å². The molecule has 1 rings (SSSR count). The van der Waals surface area contributed by atoms with Crippen LogP contribution in [0.1, 0.15) is 20.8 Å². The van der Waals surface area contributed by atoms with Crippen molar-refractivity contribution in [3.8, 4) is 0 Å². The third-order valence-corrected chi connectivity index (χ3v) is 3.09. The van der Waals surface area contributed by atoms with Crippen LogP contribution >= 0.6 is 0 Å². The second-order valence-electron chi connectivity index (χ2n) is 4.29. The molecule has 72 valence electrons. The van der Waals surface area contributed by atoms with E-state index in [4.69, 9.17) is 0 Å². The van der Waals surface area contributed by atoms with Gasteiger partial charge in [-0.1, -0.05) is 20.8 Å². The maximum atomic E-state index is 11.3. The van der Waals surface area contributed by atoms with Crippen molar-refractivity contribution in [3.05, 3.63) is 0 Å². The molecule has 0 aromatic heterocycles. The Morgan fingerprint density at radius 3 is 2.17 bits per heavy atom. The van der Waals surface area contributed by atoms with E-state index in [9.17, 15) is 8.42 Å². The molecule has 0 aliphatic carbocycles. The lowest BCUT2D eigenvalue weighted by Crippen LogP contribution is -2.36. The maximum Gasteiger partial charge on any atom is 0.279 e. The van der Waals surface area contributed by atoms with E-state index in [0.717, 1.165) is 0 Å². The Morgan fingerprint density at radius 2 is 1.83 bits per heavy atom. The number of hydrogen-bond donors (Lipinski definition) is 1. The van der Waals surface area contributed by atoms with Gasteiger partial charge in [-0.25, -0.2) is 4.72 Å². The first-order chi connectivity index (χ1) is 5.31.